The van der Waals surface area contributed by atoms with Gasteiger partial charge in [-0.25, -0.2) is 9.59 Å². The van der Waals surface area contributed by atoms with Crippen LogP contribution < -0.4 is 0 Å². The van der Waals surface area contributed by atoms with Crippen LogP contribution in [0.5, 0.6) is 0 Å². The zero-order valence-electron chi connectivity index (χ0n) is 7.92. The quantitative estimate of drug-likeness (QED) is 0.636. The molecule has 1 heterocycles. The summed E-state index contributed by atoms with van der Waals surface area (Å²) in [6, 6.07) is -1.04. The Morgan fingerprint density at radius 1 is 1.53 bits per heavy atom. The summed E-state index contributed by atoms with van der Waals surface area (Å²) in [5.41, 5.74) is 0. The second-order valence-corrected chi connectivity index (χ2v) is 3.16. The summed E-state index contributed by atoms with van der Waals surface area (Å²) in [6.45, 7) is 0.110. The summed E-state index contributed by atoms with van der Waals surface area (Å²) < 4.78 is 5.11. The van der Waals surface area contributed by atoms with Crippen LogP contribution in [-0.4, -0.2) is 52.5 Å². The van der Waals surface area contributed by atoms with Crippen LogP contribution in [-0.2, 0) is 9.53 Å². The van der Waals surface area contributed by atoms with Gasteiger partial charge in [-0.2, -0.15) is 0 Å². The van der Waals surface area contributed by atoms with E-state index in [1.54, 1.807) is 0 Å². The van der Waals surface area contributed by atoms with Crippen molar-refractivity contribution >= 4 is 12.1 Å². The van der Waals surface area contributed by atoms with Crippen LogP contribution in [0.4, 0.5) is 4.79 Å². The molecular weight excluding hydrogens is 202 g/mol. The van der Waals surface area contributed by atoms with E-state index >= 15 is 0 Å². The Kier molecular flexibility index (Phi) is 3.52. The zero-order valence-corrected chi connectivity index (χ0v) is 7.92. The van der Waals surface area contributed by atoms with Gasteiger partial charge >= 0.3 is 12.1 Å². The van der Waals surface area contributed by atoms with E-state index in [0.717, 1.165) is 4.90 Å². The molecule has 0 aromatic heterocycles. The minimum absolute atomic E-state index is 0.0496. The van der Waals surface area contributed by atoms with Crippen molar-refractivity contribution in [3.8, 4) is 12.3 Å². The fourth-order valence-corrected chi connectivity index (χ4v) is 1.53. The highest BCUT2D eigenvalue weighted by atomic mass is 16.5. The lowest BCUT2D eigenvalue weighted by Gasteiger charge is -2.16. The van der Waals surface area contributed by atoms with Gasteiger partial charge in [0.25, 0.3) is 0 Å². The van der Waals surface area contributed by atoms with Gasteiger partial charge in [-0.1, -0.05) is 5.92 Å². The number of ether oxygens (including phenoxy) is 1. The molecule has 2 atom stereocenters. The molecule has 1 saturated heterocycles. The smallest absolute Gasteiger partial charge is 0.408 e. The lowest BCUT2D eigenvalue weighted by Crippen LogP contribution is -2.39. The molecule has 15 heavy (non-hydrogen) atoms. The van der Waals surface area contributed by atoms with Crippen molar-refractivity contribution in [1.82, 2.24) is 4.90 Å². The SMILES string of the molecule is C#CCO[C@H]1C[C@H](C(=O)O)N(C(=O)O)C1. The average Bonchev–Trinajstić information content (AvgIpc) is 2.58. The molecule has 82 valence electrons. The lowest BCUT2D eigenvalue weighted by atomic mass is 10.2. The van der Waals surface area contributed by atoms with E-state index in [9.17, 15) is 9.59 Å². The first-order chi connectivity index (χ1) is 7.06. The standard InChI is InChI=1S/C9H11NO5/c1-2-3-15-6-4-7(8(11)12)10(5-6)9(13)14/h1,6-7H,3-5H2,(H,11,12)(H,13,14)/t6-,7+/m0/s1. The van der Waals surface area contributed by atoms with Gasteiger partial charge in [0, 0.05) is 6.42 Å². The number of carbonyl (C=O) groups is 2. The number of terminal acetylenes is 1. The summed E-state index contributed by atoms with van der Waals surface area (Å²) >= 11 is 0. The van der Waals surface area contributed by atoms with Crippen LogP contribution >= 0.6 is 0 Å². The summed E-state index contributed by atoms with van der Waals surface area (Å²) in [6.07, 6.45) is 3.43. The first-order valence-corrected chi connectivity index (χ1v) is 4.33. The third kappa shape index (κ3) is 2.60. The number of likely N-dealkylation sites (tertiary alicyclic amines) is 1. The van der Waals surface area contributed by atoms with Crippen LogP contribution in [0.1, 0.15) is 6.42 Å². The van der Waals surface area contributed by atoms with Gasteiger partial charge in [0.1, 0.15) is 12.6 Å². The van der Waals surface area contributed by atoms with E-state index in [1.165, 1.54) is 0 Å². The van der Waals surface area contributed by atoms with Crippen LogP contribution in [0.3, 0.4) is 0 Å². The molecule has 0 saturated carbocycles. The average molecular weight is 213 g/mol. The van der Waals surface area contributed by atoms with Gasteiger partial charge in [-0.05, 0) is 0 Å². The Labute approximate surface area is 86.4 Å². The van der Waals surface area contributed by atoms with Gasteiger partial charge in [0.05, 0.1) is 12.6 Å². The predicted molar refractivity (Wildman–Crippen MR) is 49.3 cm³/mol. The topological polar surface area (TPSA) is 87.1 Å². The highest BCUT2D eigenvalue weighted by Gasteiger charge is 2.40. The Balaban J connectivity index is 2.62. The molecule has 6 nitrogen and oxygen atoms in total. The van der Waals surface area contributed by atoms with Gasteiger partial charge in [0.15, 0.2) is 0 Å². The number of aliphatic carboxylic acids is 1. The minimum Gasteiger partial charge on any atom is -0.480 e. The predicted octanol–water partition coefficient (Wildman–Crippen LogP) is -0.158. The molecule has 1 amide bonds. The number of amides is 1. The number of hydrogen-bond donors (Lipinski definition) is 2. The van der Waals surface area contributed by atoms with E-state index < -0.39 is 24.2 Å². The van der Waals surface area contributed by atoms with E-state index in [4.69, 9.17) is 21.4 Å². The molecule has 6 heteroatoms. The van der Waals surface area contributed by atoms with Gasteiger partial charge < -0.3 is 14.9 Å². The second kappa shape index (κ2) is 4.66. The van der Waals surface area contributed by atoms with E-state index in [-0.39, 0.29) is 19.6 Å². The number of carboxylic acid groups (broad SMARTS) is 2. The van der Waals surface area contributed by atoms with Crippen LogP contribution in [0.15, 0.2) is 0 Å². The van der Waals surface area contributed by atoms with E-state index in [2.05, 4.69) is 5.92 Å². The second-order valence-electron chi connectivity index (χ2n) is 3.16. The molecule has 0 bridgehead atoms. The minimum atomic E-state index is -1.26. The number of nitrogens with zero attached hydrogens (tertiary/aromatic N) is 1. The molecule has 2 N–H and O–H groups in total. The molecule has 1 fully saturated rings. The van der Waals surface area contributed by atoms with Crippen molar-refractivity contribution in [3.05, 3.63) is 0 Å². The Hall–Kier alpha value is -1.74. The maximum absolute atomic E-state index is 10.7. The van der Waals surface area contributed by atoms with Crippen molar-refractivity contribution in [3.63, 3.8) is 0 Å². The number of hydrogen-bond acceptors (Lipinski definition) is 3. The fraction of sp³-hybridized carbons (Fsp3) is 0.556. The highest BCUT2D eigenvalue weighted by molar-refractivity contribution is 5.80. The van der Waals surface area contributed by atoms with E-state index in [1.807, 2.05) is 0 Å². The maximum Gasteiger partial charge on any atom is 0.408 e. The van der Waals surface area contributed by atoms with Crippen molar-refractivity contribution in [2.75, 3.05) is 13.2 Å². The highest BCUT2D eigenvalue weighted by Crippen LogP contribution is 2.20. The largest absolute Gasteiger partial charge is 0.480 e. The number of rotatable bonds is 3. The van der Waals surface area contributed by atoms with Crippen molar-refractivity contribution < 1.29 is 24.5 Å². The Morgan fingerprint density at radius 2 is 2.20 bits per heavy atom. The van der Waals surface area contributed by atoms with Crippen LogP contribution in [0, 0.1) is 12.3 Å². The monoisotopic (exact) mass is 213 g/mol. The van der Waals surface area contributed by atoms with Gasteiger partial charge in [-0.3, -0.25) is 4.90 Å². The molecule has 0 aliphatic carbocycles. The molecule has 0 aromatic rings. The molecule has 0 spiro atoms. The summed E-state index contributed by atoms with van der Waals surface area (Å²) in [5.74, 6) is 1.08. The first kappa shape index (κ1) is 11.3. The third-order valence-electron chi connectivity index (χ3n) is 2.20. The zero-order chi connectivity index (χ0) is 11.4. The maximum atomic E-state index is 10.7. The Bertz CT molecular complexity index is 286. The molecule has 0 unspecified atom stereocenters. The van der Waals surface area contributed by atoms with Crippen molar-refractivity contribution in [2.45, 2.75) is 18.6 Å². The summed E-state index contributed by atoms with van der Waals surface area (Å²) in [5, 5.41) is 17.5. The molecule has 1 aliphatic rings. The first-order valence-electron chi connectivity index (χ1n) is 4.33. The third-order valence-corrected chi connectivity index (χ3v) is 2.20. The molecule has 1 rings (SSSR count). The number of carboxylic acids is 1. The van der Waals surface area contributed by atoms with Crippen LogP contribution in [0.25, 0.3) is 0 Å². The molecule has 0 aromatic carbocycles. The summed E-state index contributed by atoms with van der Waals surface area (Å²) in [4.78, 5) is 22.3. The molecular formula is C9H11NO5. The van der Waals surface area contributed by atoms with Gasteiger partial charge in [-0.15, -0.1) is 6.42 Å². The van der Waals surface area contributed by atoms with Crippen molar-refractivity contribution in [1.29, 1.82) is 0 Å². The molecule has 1 aliphatic heterocycles. The van der Waals surface area contributed by atoms with Gasteiger partial charge in [0.2, 0.25) is 0 Å². The molecule has 0 radical (unpaired) electrons. The fourth-order valence-electron chi connectivity index (χ4n) is 1.53. The lowest BCUT2D eigenvalue weighted by molar-refractivity contribution is -0.141. The summed E-state index contributed by atoms with van der Waals surface area (Å²) in [7, 11) is 0. The van der Waals surface area contributed by atoms with E-state index in [0.29, 0.717) is 0 Å². The van der Waals surface area contributed by atoms with Crippen molar-refractivity contribution in [2.24, 2.45) is 0 Å². The normalized spacial score (nSPS) is 24.9. The Morgan fingerprint density at radius 3 is 2.60 bits per heavy atom. The van der Waals surface area contributed by atoms with Crippen LogP contribution in [0.2, 0.25) is 0 Å².